The minimum absolute atomic E-state index is 0.0398. The molecule has 0 aromatic heterocycles. The summed E-state index contributed by atoms with van der Waals surface area (Å²) in [6, 6.07) is 0. The van der Waals surface area contributed by atoms with Crippen LogP contribution in [-0.4, -0.2) is 21.8 Å². The highest BCUT2D eigenvalue weighted by Gasteiger charge is 2.58. The molecule has 0 aromatic carbocycles. The highest BCUT2D eigenvalue weighted by Crippen LogP contribution is 2.62. The zero-order valence-electron chi connectivity index (χ0n) is 12.7. The number of fused-ring (bicyclic) bond motifs is 1. The lowest BCUT2D eigenvalue weighted by atomic mass is 9.45. The van der Waals surface area contributed by atoms with Crippen molar-refractivity contribution in [1.82, 2.24) is 0 Å². The minimum atomic E-state index is -0.836. The first-order valence-corrected chi connectivity index (χ1v) is 7.54. The topological polar surface area (TPSA) is 57.5 Å². The second-order valence-electron chi connectivity index (χ2n) is 7.95. The van der Waals surface area contributed by atoms with Crippen LogP contribution in [0.15, 0.2) is 0 Å². The van der Waals surface area contributed by atoms with Gasteiger partial charge in [0.25, 0.3) is 0 Å². The van der Waals surface area contributed by atoms with Crippen LogP contribution >= 0.6 is 0 Å². The van der Waals surface area contributed by atoms with Crippen LogP contribution in [0.5, 0.6) is 0 Å². The van der Waals surface area contributed by atoms with E-state index >= 15 is 0 Å². The Labute approximate surface area is 116 Å². The summed E-state index contributed by atoms with van der Waals surface area (Å²) in [5, 5.41) is 19.9. The predicted octanol–water partition coefficient (Wildman–Crippen LogP) is 3.45. The smallest absolute Gasteiger partial charge is 0.303 e. The molecule has 0 saturated heterocycles. The third-order valence-corrected chi connectivity index (χ3v) is 6.14. The first kappa shape index (κ1) is 14.8. The lowest BCUT2D eigenvalue weighted by Gasteiger charge is -2.61. The number of aliphatic carboxylic acids is 1. The van der Waals surface area contributed by atoms with Crippen LogP contribution < -0.4 is 0 Å². The summed E-state index contributed by atoms with van der Waals surface area (Å²) in [6.07, 6.45) is 5.26. The minimum Gasteiger partial charge on any atom is -0.481 e. The largest absolute Gasteiger partial charge is 0.481 e. The number of aliphatic hydroxyl groups is 1. The molecule has 2 N–H and O–H groups in total. The molecule has 0 spiro atoms. The molecule has 0 bridgehead atoms. The Balaban J connectivity index is 2.38. The molecule has 19 heavy (non-hydrogen) atoms. The van der Waals surface area contributed by atoms with Crippen LogP contribution in [0.2, 0.25) is 0 Å². The maximum Gasteiger partial charge on any atom is 0.303 e. The number of carboxylic acid groups (broad SMARTS) is 1. The summed E-state index contributed by atoms with van der Waals surface area (Å²) < 4.78 is 0. The molecular formula is C16H28O3. The van der Waals surface area contributed by atoms with E-state index in [-0.39, 0.29) is 23.2 Å². The van der Waals surface area contributed by atoms with Crippen LogP contribution in [0.4, 0.5) is 0 Å². The van der Waals surface area contributed by atoms with Crippen molar-refractivity contribution in [1.29, 1.82) is 0 Å². The molecule has 0 radical (unpaired) electrons. The van der Waals surface area contributed by atoms with E-state index in [1.54, 1.807) is 0 Å². The average molecular weight is 268 g/mol. The zero-order chi connectivity index (χ0) is 14.5. The molecule has 2 aliphatic carbocycles. The van der Waals surface area contributed by atoms with Gasteiger partial charge in [0.2, 0.25) is 0 Å². The maximum atomic E-state index is 11.2. The molecule has 110 valence electrons. The van der Waals surface area contributed by atoms with Gasteiger partial charge in [-0.2, -0.15) is 0 Å². The zero-order valence-corrected chi connectivity index (χ0v) is 12.7. The van der Waals surface area contributed by atoms with Crippen molar-refractivity contribution in [2.75, 3.05) is 0 Å². The Bertz CT molecular complexity index is 372. The highest BCUT2D eigenvalue weighted by molar-refractivity contribution is 5.67. The highest BCUT2D eigenvalue weighted by atomic mass is 16.4. The molecule has 0 aliphatic heterocycles. The normalized spacial score (nSPS) is 45.5. The summed E-state index contributed by atoms with van der Waals surface area (Å²) in [5.74, 6) is -0.385. The Morgan fingerprint density at radius 1 is 1.16 bits per heavy atom. The first-order valence-electron chi connectivity index (χ1n) is 7.54. The molecule has 0 heterocycles. The Morgan fingerprint density at radius 2 is 1.79 bits per heavy atom. The number of carboxylic acids is 1. The van der Waals surface area contributed by atoms with Crippen molar-refractivity contribution in [3.63, 3.8) is 0 Å². The number of rotatable bonds is 2. The molecule has 0 unspecified atom stereocenters. The molecule has 2 aliphatic rings. The average Bonchev–Trinajstić information content (AvgIpc) is 2.22. The SMILES string of the molecule is CC1(C)CCC[C@@]2(C)[C@@H]1CC[C@@](C)(O)[C@@H]2CC(=O)O. The summed E-state index contributed by atoms with van der Waals surface area (Å²) in [7, 11) is 0. The van der Waals surface area contributed by atoms with Crippen LogP contribution in [0.25, 0.3) is 0 Å². The van der Waals surface area contributed by atoms with Crippen molar-refractivity contribution in [3.8, 4) is 0 Å². The number of carbonyl (C=O) groups is 1. The third-order valence-electron chi connectivity index (χ3n) is 6.14. The van der Waals surface area contributed by atoms with Gasteiger partial charge in [0.05, 0.1) is 12.0 Å². The Morgan fingerprint density at radius 3 is 2.37 bits per heavy atom. The van der Waals surface area contributed by atoms with Crippen LogP contribution in [0, 0.1) is 22.7 Å². The number of hydrogen-bond donors (Lipinski definition) is 2. The van der Waals surface area contributed by atoms with Gasteiger partial charge in [-0.3, -0.25) is 4.79 Å². The Kier molecular flexibility index (Phi) is 3.49. The Hall–Kier alpha value is -0.570. The van der Waals surface area contributed by atoms with Gasteiger partial charge in [-0.1, -0.05) is 27.2 Å². The lowest BCUT2D eigenvalue weighted by Crippen LogP contribution is -2.58. The fraction of sp³-hybridized carbons (Fsp3) is 0.938. The lowest BCUT2D eigenvalue weighted by molar-refractivity contribution is -0.178. The second kappa shape index (κ2) is 4.47. The molecule has 4 atom stereocenters. The van der Waals surface area contributed by atoms with E-state index in [0.717, 1.165) is 25.7 Å². The molecule has 0 amide bonds. The summed E-state index contributed by atoms with van der Waals surface area (Å²) in [6.45, 7) is 8.68. The van der Waals surface area contributed by atoms with E-state index in [2.05, 4.69) is 20.8 Å². The van der Waals surface area contributed by atoms with Crippen LogP contribution in [0.3, 0.4) is 0 Å². The van der Waals surface area contributed by atoms with Crippen molar-refractivity contribution in [2.45, 2.75) is 71.8 Å². The van der Waals surface area contributed by atoms with Crippen molar-refractivity contribution < 1.29 is 15.0 Å². The third kappa shape index (κ3) is 2.42. The molecular weight excluding hydrogens is 240 g/mol. The van der Waals surface area contributed by atoms with Gasteiger partial charge in [-0.05, 0) is 49.4 Å². The summed E-state index contributed by atoms with van der Waals surface area (Å²) >= 11 is 0. The van der Waals surface area contributed by atoms with E-state index in [1.807, 2.05) is 6.92 Å². The first-order chi connectivity index (χ1) is 8.59. The summed E-state index contributed by atoms with van der Waals surface area (Å²) in [4.78, 5) is 11.2. The van der Waals surface area contributed by atoms with Crippen LogP contribution in [-0.2, 0) is 4.79 Å². The van der Waals surface area contributed by atoms with Gasteiger partial charge in [0, 0.05) is 5.92 Å². The van der Waals surface area contributed by atoms with Gasteiger partial charge in [-0.15, -0.1) is 0 Å². The number of hydrogen-bond acceptors (Lipinski definition) is 2. The van der Waals surface area contributed by atoms with E-state index in [0.29, 0.717) is 5.92 Å². The molecule has 3 nitrogen and oxygen atoms in total. The van der Waals surface area contributed by atoms with Crippen molar-refractivity contribution >= 4 is 5.97 Å². The van der Waals surface area contributed by atoms with Crippen molar-refractivity contribution in [2.24, 2.45) is 22.7 Å². The van der Waals surface area contributed by atoms with Gasteiger partial charge in [0.1, 0.15) is 0 Å². The molecule has 3 heteroatoms. The fourth-order valence-electron chi connectivity index (χ4n) is 5.25. The predicted molar refractivity (Wildman–Crippen MR) is 74.8 cm³/mol. The second-order valence-corrected chi connectivity index (χ2v) is 7.95. The molecule has 0 aromatic rings. The summed E-state index contributed by atoms with van der Waals surface area (Å²) in [5.41, 5.74) is -0.612. The maximum absolute atomic E-state index is 11.2. The van der Waals surface area contributed by atoms with Crippen molar-refractivity contribution in [3.05, 3.63) is 0 Å². The van der Waals surface area contributed by atoms with Crippen LogP contribution in [0.1, 0.15) is 66.2 Å². The van der Waals surface area contributed by atoms with Gasteiger partial charge in [0.15, 0.2) is 0 Å². The van der Waals surface area contributed by atoms with Gasteiger partial charge < -0.3 is 10.2 Å². The monoisotopic (exact) mass is 268 g/mol. The molecule has 2 fully saturated rings. The van der Waals surface area contributed by atoms with Gasteiger partial charge in [-0.25, -0.2) is 0 Å². The quantitative estimate of drug-likeness (QED) is 0.806. The molecule has 2 rings (SSSR count). The van der Waals surface area contributed by atoms with E-state index < -0.39 is 11.6 Å². The molecule has 2 saturated carbocycles. The fourth-order valence-corrected chi connectivity index (χ4v) is 5.25. The van der Waals surface area contributed by atoms with E-state index in [4.69, 9.17) is 0 Å². The standard InChI is InChI=1S/C16H28O3/c1-14(2)7-5-8-15(3)11(14)6-9-16(4,19)12(15)10-13(17)18/h11-12,19H,5-10H2,1-4H3,(H,17,18)/t11-,12-,15+,16-/m1/s1. The van der Waals surface area contributed by atoms with Gasteiger partial charge >= 0.3 is 5.97 Å². The van der Waals surface area contributed by atoms with E-state index in [1.165, 1.54) is 6.42 Å². The van der Waals surface area contributed by atoms with E-state index in [9.17, 15) is 15.0 Å².